The van der Waals surface area contributed by atoms with Gasteiger partial charge in [-0.15, -0.1) is 0 Å². The lowest BCUT2D eigenvalue weighted by molar-refractivity contribution is 0.129. The molecule has 0 spiro atoms. The number of aromatic nitrogens is 1. The van der Waals surface area contributed by atoms with Crippen LogP contribution in [0, 0.1) is 6.92 Å². The Kier molecular flexibility index (Phi) is 5.61. The fraction of sp³-hybridized carbons (Fsp3) is 0.389. The minimum Gasteiger partial charge on any atom is -0.487 e. The molecule has 0 bridgehead atoms. The van der Waals surface area contributed by atoms with Crippen LogP contribution in [0.15, 0.2) is 42.7 Å². The molecule has 5 nitrogen and oxygen atoms in total. The zero-order chi connectivity index (χ0) is 17.9. The topological polar surface area (TPSA) is 59.5 Å². The molecule has 1 fully saturated rings. The third-order valence-electron chi connectivity index (χ3n) is 4.19. The van der Waals surface area contributed by atoms with Crippen LogP contribution < -0.4 is 4.74 Å². The summed E-state index contributed by atoms with van der Waals surface area (Å²) in [5.41, 5.74) is 1.86. The van der Waals surface area contributed by atoms with Gasteiger partial charge in [-0.25, -0.2) is 8.42 Å². The first kappa shape index (κ1) is 18.2. The summed E-state index contributed by atoms with van der Waals surface area (Å²) in [5.74, 6) is 0.553. The molecule has 1 atom stereocenters. The highest BCUT2D eigenvalue weighted by atomic mass is 35.5. The number of rotatable bonds is 5. The molecule has 2 heterocycles. The van der Waals surface area contributed by atoms with Gasteiger partial charge in [0.2, 0.25) is 10.0 Å². The molecule has 0 N–H and O–H groups in total. The van der Waals surface area contributed by atoms with E-state index in [-0.39, 0.29) is 11.9 Å². The maximum atomic E-state index is 12.8. The molecule has 7 heteroatoms. The van der Waals surface area contributed by atoms with Gasteiger partial charge in [-0.3, -0.25) is 4.98 Å². The molecular weight excluding hydrogens is 360 g/mol. The van der Waals surface area contributed by atoms with E-state index in [0.717, 1.165) is 24.0 Å². The Morgan fingerprint density at radius 3 is 2.96 bits per heavy atom. The molecule has 1 aromatic heterocycles. The second-order valence-corrected chi connectivity index (χ2v) is 8.67. The third-order valence-corrected chi connectivity index (χ3v) is 6.30. The van der Waals surface area contributed by atoms with E-state index in [1.54, 1.807) is 12.3 Å². The molecule has 0 unspecified atom stereocenters. The van der Waals surface area contributed by atoms with Crippen molar-refractivity contribution >= 4 is 21.6 Å². The van der Waals surface area contributed by atoms with Crippen molar-refractivity contribution in [1.82, 2.24) is 9.29 Å². The first-order valence-electron chi connectivity index (χ1n) is 8.23. The monoisotopic (exact) mass is 380 g/mol. The quantitative estimate of drug-likeness (QED) is 0.797. The molecule has 25 heavy (non-hydrogen) atoms. The molecule has 3 rings (SSSR count). The molecule has 1 aromatic carbocycles. The van der Waals surface area contributed by atoms with Crippen LogP contribution in [0.5, 0.6) is 5.75 Å². The molecule has 0 saturated carbocycles. The third kappa shape index (κ3) is 4.71. The van der Waals surface area contributed by atoms with Crippen molar-refractivity contribution < 1.29 is 13.2 Å². The van der Waals surface area contributed by atoms with E-state index in [2.05, 4.69) is 4.98 Å². The predicted molar refractivity (Wildman–Crippen MR) is 98.3 cm³/mol. The number of sulfonamides is 1. The molecule has 1 saturated heterocycles. The minimum atomic E-state index is -3.38. The van der Waals surface area contributed by atoms with Crippen molar-refractivity contribution in [3.8, 4) is 5.75 Å². The summed E-state index contributed by atoms with van der Waals surface area (Å²) in [6.45, 7) is 2.82. The molecule has 134 valence electrons. The number of ether oxygens (including phenoxy) is 1. The number of hydrogen-bond acceptors (Lipinski definition) is 4. The predicted octanol–water partition coefficient (Wildman–Crippen LogP) is 3.42. The van der Waals surface area contributed by atoms with Crippen molar-refractivity contribution in [2.24, 2.45) is 0 Å². The van der Waals surface area contributed by atoms with E-state index in [4.69, 9.17) is 16.3 Å². The SMILES string of the molecule is Cc1cccc(CS(=O)(=O)N2CCC[C@H](Oc3ccncc3Cl)C2)c1. The minimum absolute atomic E-state index is 0.0113. The summed E-state index contributed by atoms with van der Waals surface area (Å²) in [5, 5.41) is 0.433. The van der Waals surface area contributed by atoms with Crippen molar-refractivity contribution in [3.63, 3.8) is 0 Å². The Hall–Kier alpha value is -1.63. The van der Waals surface area contributed by atoms with Gasteiger partial charge in [0.25, 0.3) is 0 Å². The number of aryl methyl sites for hydroxylation is 1. The summed E-state index contributed by atoms with van der Waals surface area (Å²) in [6.07, 6.45) is 4.48. The Morgan fingerprint density at radius 1 is 1.36 bits per heavy atom. The molecule has 1 aliphatic rings. The molecule has 2 aromatic rings. The molecule has 0 amide bonds. The van der Waals surface area contributed by atoms with Crippen LogP contribution in [0.25, 0.3) is 0 Å². The molecule has 1 aliphatic heterocycles. The highest BCUT2D eigenvalue weighted by Crippen LogP contribution is 2.26. The molecule has 0 aliphatic carbocycles. The Morgan fingerprint density at radius 2 is 2.20 bits per heavy atom. The Bertz CT molecular complexity index is 842. The Labute approximate surface area is 153 Å². The van der Waals surface area contributed by atoms with Crippen molar-refractivity contribution in [3.05, 3.63) is 58.9 Å². The number of nitrogens with zero attached hydrogens (tertiary/aromatic N) is 2. The van der Waals surface area contributed by atoms with Gasteiger partial charge in [0.15, 0.2) is 0 Å². The lowest BCUT2D eigenvalue weighted by Crippen LogP contribution is -2.44. The van der Waals surface area contributed by atoms with Crippen molar-refractivity contribution in [1.29, 1.82) is 0 Å². The van der Waals surface area contributed by atoms with E-state index in [9.17, 15) is 8.42 Å². The maximum absolute atomic E-state index is 12.8. The average molecular weight is 381 g/mol. The standard InChI is InChI=1S/C18H21ClN2O3S/c1-14-4-2-5-15(10-14)13-25(22,23)21-9-3-6-16(12-21)24-18-7-8-20-11-17(18)19/h2,4-5,7-8,10-11,16H,3,6,9,12-13H2,1H3/t16-/m0/s1. The highest BCUT2D eigenvalue weighted by molar-refractivity contribution is 7.88. The van der Waals surface area contributed by atoms with Crippen LogP contribution in [-0.2, 0) is 15.8 Å². The summed E-state index contributed by atoms with van der Waals surface area (Å²) >= 11 is 6.07. The van der Waals surface area contributed by atoms with Crippen LogP contribution in [0.3, 0.4) is 0 Å². The number of piperidine rings is 1. The van der Waals surface area contributed by atoms with Gasteiger partial charge in [0, 0.05) is 25.0 Å². The zero-order valence-corrected chi connectivity index (χ0v) is 15.6. The van der Waals surface area contributed by atoms with Gasteiger partial charge in [-0.2, -0.15) is 4.31 Å². The highest BCUT2D eigenvalue weighted by Gasteiger charge is 2.30. The van der Waals surface area contributed by atoms with Gasteiger partial charge >= 0.3 is 0 Å². The molecule has 0 radical (unpaired) electrons. The fourth-order valence-electron chi connectivity index (χ4n) is 3.00. The largest absolute Gasteiger partial charge is 0.487 e. The zero-order valence-electron chi connectivity index (χ0n) is 14.1. The number of benzene rings is 1. The van der Waals surface area contributed by atoms with E-state index >= 15 is 0 Å². The van der Waals surface area contributed by atoms with Crippen molar-refractivity contribution in [2.45, 2.75) is 31.6 Å². The van der Waals surface area contributed by atoms with Gasteiger partial charge in [-0.05, 0) is 25.3 Å². The lowest BCUT2D eigenvalue weighted by atomic mass is 10.1. The van der Waals surface area contributed by atoms with Crippen LogP contribution in [-0.4, -0.2) is 36.9 Å². The fourth-order valence-corrected chi connectivity index (χ4v) is 4.74. The second-order valence-electron chi connectivity index (χ2n) is 6.29. The van der Waals surface area contributed by atoms with Gasteiger partial charge in [0.05, 0.1) is 12.3 Å². The summed E-state index contributed by atoms with van der Waals surface area (Å²) < 4.78 is 33.0. The summed E-state index contributed by atoms with van der Waals surface area (Å²) in [4.78, 5) is 3.93. The first-order chi connectivity index (χ1) is 11.9. The van der Waals surface area contributed by atoms with Gasteiger partial charge in [-0.1, -0.05) is 41.4 Å². The van der Waals surface area contributed by atoms with E-state index in [0.29, 0.717) is 23.9 Å². The van der Waals surface area contributed by atoms with Crippen LogP contribution >= 0.6 is 11.6 Å². The average Bonchev–Trinajstić information content (AvgIpc) is 2.57. The van der Waals surface area contributed by atoms with Gasteiger partial charge in [0.1, 0.15) is 16.9 Å². The number of pyridine rings is 1. The maximum Gasteiger partial charge on any atom is 0.218 e. The summed E-state index contributed by atoms with van der Waals surface area (Å²) in [7, 11) is -3.38. The smallest absolute Gasteiger partial charge is 0.218 e. The van der Waals surface area contributed by atoms with E-state index in [1.165, 1.54) is 10.5 Å². The Balaban J connectivity index is 1.68. The number of halogens is 1. The number of hydrogen-bond donors (Lipinski definition) is 0. The summed E-state index contributed by atoms with van der Waals surface area (Å²) in [6, 6.07) is 9.29. The molecular formula is C18H21ClN2O3S. The normalized spacial score (nSPS) is 18.9. The van der Waals surface area contributed by atoms with Crippen LogP contribution in [0.2, 0.25) is 5.02 Å². The first-order valence-corrected chi connectivity index (χ1v) is 10.2. The van der Waals surface area contributed by atoms with Crippen LogP contribution in [0.1, 0.15) is 24.0 Å². The van der Waals surface area contributed by atoms with Crippen molar-refractivity contribution in [2.75, 3.05) is 13.1 Å². The van der Waals surface area contributed by atoms with E-state index in [1.807, 2.05) is 31.2 Å². The van der Waals surface area contributed by atoms with Gasteiger partial charge < -0.3 is 4.74 Å². The second kappa shape index (κ2) is 7.72. The lowest BCUT2D eigenvalue weighted by Gasteiger charge is -2.32. The van der Waals surface area contributed by atoms with E-state index < -0.39 is 10.0 Å². The van der Waals surface area contributed by atoms with Crippen LogP contribution in [0.4, 0.5) is 0 Å².